The highest BCUT2D eigenvalue weighted by molar-refractivity contribution is 5.88. The van der Waals surface area contributed by atoms with Gasteiger partial charge in [0.15, 0.2) is 5.54 Å². The van der Waals surface area contributed by atoms with Gasteiger partial charge in [0.25, 0.3) is 0 Å². The number of fused-ring (bicyclic) bond motifs is 2. The Hall–Kier alpha value is -1.89. The maximum absolute atomic E-state index is 2.43. The summed E-state index contributed by atoms with van der Waals surface area (Å²) in [5.41, 5.74) is 2.66. The van der Waals surface area contributed by atoms with Crippen molar-refractivity contribution in [1.29, 1.82) is 0 Å². The number of hydrogen-bond donors (Lipinski definition) is 0. The van der Waals surface area contributed by atoms with Gasteiger partial charge < -0.3 is 0 Å². The maximum atomic E-state index is 2.43. The first kappa shape index (κ1) is 11.2. The molecule has 0 bridgehead atoms. The molecular formula is C17H18N+. The average Bonchev–Trinajstić information content (AvgIpc) is 2.34. The molecule has 18 heavy (non-hydrogen) atoms. The Morgan fingerprint density at radius 3 is 1.61 bits per heavy atom. The molecule has 0 saturated heterocycles. The van der Waals surface area contributed by atoms with E-state index in [1.165, 1.54) is 21.8 Å². The first-order valence-electron chi connectivity index (χ1n) is 6.40. The van der Waals surface area contributed by atoms with Crippen LogP contribution in [0, 0.1) is 0 Å². The number of rotatable bonds is 0. The molecule has 0 atom stereocenters. The van der Waals surface area contributed by atoms with Gasteiger partial charge in [-0.15, -0.1) is 0 Å². The molecule has 3 aromatic rings. The van der Waals surface area contributed by atoms with Gasteiger partial charge in [0, 0.05) is 43.7 Å². The van der Waals surface area contributed by atoms with E-state index in [1.807, 2.05) is 0 Å². The topological polar surface area (TPSA) is 3.88 Å². The normalized spacial score (nSPS) is 12.2. The SMILES string of the molecule is CC(C)(C)[n+]1c2ccccc2cc2ccccc21. The molecule has 0 fully saturated rings. The predicted octanol–water partition coefficient (Wildman–Crippen LogP) is 4.04. The molecular weight excluding hydrogens is 218 g/mol. The fraction of sp³-hybridized carbons (Fsp3) is 0.235. The Morgan fingerprint density at radius 2 is 1.17 bits per heavy atom. The second kappa shape index (κ2) is 3.81. The van der Waals surface area contributed by atoms with Gasteiger partial charge in [-0.2, -0.15) is 4.57 Å². The summed E-state index contributed by atoms with van der Waals surface area (Å²) in [5, 5.41) is 2.59. The van der Waals surface area contributed by atoms with Gasteiger partial charge >= 0.3 is 0 Å². The maximum Gasteiger partial charge on any atom is 0.213 e. The molecule has 0 saturated carbocycles. The zero-order chi connectivity index (χ0) is 12.8. The summed E-state index contributed by atoms with van der Waals surface area (Å²) in [6, 6.07) is 19.5. The Morgan fingerprint density at radius 1 is 0.722 bits per heavy atom. The van der Waals surface area contributed by atoms with E-state index in [0.29, 0.717) is 0 Å². The van der Waals surface area contributed by atoms with Crippen LogP contribution in [0.1, 0.15) is 20.8 Å². The Labute approximate surface area is 108 Å². The van der Waals surface area contributed by atoms with E-state index in [1.54, 1.807) is 0 Å². The van der Waals surface area contributed by atoms with E-state index in [9.17, 15) is 0 Å². The molecule has 0 aliphatic rings. The fourth-order valence-electron chi connectivity index (χ4n) is 2.65. The van der Waals surface area contributed by atoms with Gasteiger partial charge in [0.05, 0.1) is 0 Å². The third kappa shape index (κ3) is 1.67. The lowest BCUT2D eigenvalue weighted by Gasteiger charge is -2.17. The summed E-state index contributed by atoms with van der Waals surface area (Å²) >= 11 is 0. The number of pyridine rings is 1. The molecule has 1 nitrogen and oxygen atoms in total. The molecule has 1 heteroatoms. The minimum absolute atomic E-state index is 0.0699. The predicted molar refractivity (Wildman–Crippen MR) is 76.6 cm³/mol. The third-order valence-corrected chi connectivity index (χ3v) is 3.34. The van der Waals surface area contributed by atoms with Crippen molar-refractivity contribution in [2.24, 2.45) is 0 Å². The highest BCUT2D eigenvalue weighted by Crippen LogP contribution is 2.21. The van der Waals surface area contributed by atoms with Crippen molar-refractivity contribution >= 4 is 21.8 Å². The lowest BCUT2D eigenvalue weighted by atomic mass is 10.0. The van der Waals surface area contributed by atoms with E-state index < -0.39 is 0 Å². The van der Waals surface area contributed by atoms with Crippen LogP contribution in [0.15, 0.2) is 54.6 Å². The zero-order valence-corrected chi connectivity index (χ0v) is 11.1. The average molecular weight is 236 g/mol. The Balaban J connectivity index is 2.58. The molecule has 0 spiro atoms. The van der Waals surface area contributed by atoms with Crippen molar-refractivity contribution in [2.45, 2.75) is 26.3 Å². The number of benzene rings is 2. The number of hydrogen-bond acceptors (Lipinski definition) is 0. The van der Waals surface area contributed by atoms with Crippen molar-refractivity contribution in [3.05, 3.63) is 54.6 Å². The molecule has 0 N–H and O–H groups in total. The molecule has 90 valence electrons. The summed E-state index contributed by atoms with van der Waals surface area (Å²) in [5.74, 6) is 0. The number of para-hydroxylation sites is 2. The number of nitrogens with zero attached hydrogens (tertiary/aromatic N) is 1. The summed E-state index contributed by atoms with van der Waals surface area (Å²) in [7, 11) is 0. The van der Waals surface area contributed by atoms with Crippen molar-refractivity contribution in [1.82, 2.24) is 0 Å². The molecule has 3 rings (SSSR count). The van der Waals surface area contributed by atoms with E-state index in [-0.39, 0.29) is 5.54 Å². The van der Waals surface area contributed by atoms with Crippen molar-refractivity contribution in [3.8, 4) is 0 Å². The monoisotopic (exact) mass is 236 g/mol. The Bertz CT molecular complexity index is 666. The largest absolute Gasteiger partial charge is 0.213 e. The summed E-state index contributed by atoms with van der Waals surface area (Å²) in [4.78, 5) is 0. The lowest BCUT2D eigenvalue weighted by molar-refractivity contribution is -0.706. The first-order chi connectivity index (χ1) is 8.57. The van der Waals surface area contributed by atoms with Crippen LogP contribution in [-0.4, -0.2) is 0 Å². The molecule has 2 aromatic carbocycles. The van der Waals surface area contributed by atoms with E-state index in [4.69, 9.17) is 0 Å². The molecule has 1 aromatic heterocycles. The van der Waals surface area contributed by atoms with Crippen LogP contribution >= 0.6 is 0 Å². The van der Waals surface area contributed by atoms with E-state index in [2.05, 4.69) is 79.9 Å². The highest BCUT2D eigenvalue weighted by atomic mass is 15.0. The van der Waals surface area contributed by atoms with Crippen LogP contribution in [0.2, 0.25) is 0 Å². The molecule has 1 heterocycles. The quantitative estimate of drug-likeness (QED) is 0.410. The van der Waals surface area contributed by atoms with Gasteiger partial charge in [-0.3, -0.25) is 0 Å². The van der Waals surface area contributed by atoms with Crippen LogP contribution in [0.5, 0.6) is 0 Å². The molecule has 0 aliphatic carbocycles. The fourth-order valence-corrected chi connectivity index (χ4v) is 2.65. The lowest BCUT2D eigenvalue weighted by Crippen LogP contribution is -2.51. The van der Waals surface area contributed by atoms with Gasteiger partial charge in [-0.05, 0) is 18.2 Å². The number of aromatic nitrogens is 1. The molecule has 0 unspecified atom stereocenters. The second-order valence-electron chi connectivity index (χ2n) is 5.77. The zero-order valence-electron chi connectivity index (χ0n) is 11.1. The highest BCUT2D eigenvalue weighted by Gasteiger charge is 2.27. The van der Waals surface area contributed by atoms with E-state index in [0.717, 1.165) is 0 Å². The van der Waals surface area contributed by atoms with Crippen molar-refractivity contribution in [3.63, 3.8) is 0 Å². The summed E-state index contributed by atoms with van der Waals surface area (Å²) in [6.45, 7) is 6.77. The second-order valence-corrected chi connectivity index (χ2v) is 5.77. The van der Waals surface area contributed by atoms with Gasteiger partial charge in [0.1, 0.15) is 0 Å². The third-order valence-electron chi connectivity index (χ3n) is 3.34. The van der Waals surface area contributed by atoms with Crippen molar-refractivity contribution < 1.29 is 4.57 Å². The van der Waals surface area contributed by atoms with Gasteiger partial charge in [0.2, 0.25) is 11.0 Å². The van der Waals surface area contributed by atoms with Gasteiger partial charge in [-0.25, -0.2) is 0 Å². The van der Waals surface area contributed by atoms with E-state index >= 15 is 0 Å². The van der Waals surface area contributed by atoms with Crippen molar-refractivity contribution in [2.75, 3.05) is 0 Å². The smallest absolute Gasteiger partial charge is 0.187 e. The van der Waals surface area contributed by atoms with Crippen LogP contribution in [0.25, 0.3) is 21.8 Å². The molecule has 0 aliphatic heterocycles. The van der Waals surface area contributed by atoms with Crippen LogP contribution in [0.4, 0.5) is 0 Å². The van der Waals surface area contributed by atoms with Crippen LogP contribution in [-0.2, 0) is 5.54 Å². The molecule has 0 amide bonds. The van der Waals surface area contributed by atoms with Crippen LogP contribution in [0.3, 0.4) is 0 Å². The standard InChI is InChI=1S/C17H18N/c1-17(2,3)18-15-10-6-4-8-13(15)12-14-9-5-7-11-16(14)18/h4-12H,1-3H3/q+1. The van der Waals surface area contributed by atoms with Crippen LogP contribution < -0.4 is 4.57 Å². The molecule has 0 radical (unpaired) electrons. The first-order valence-corrected chi connectivity index (χ1v) is 6.40. The summed E-state index contributed by atoms with van der Waals surface area (Å²) in [6.07, 6.45) is 0. The van der Waals surface area contributed by atoms with Gasteiger partial charge in [-0.1, -0.05) is 24.3 Å². The summed E-state index contributed by atoms with van der Waals surface area (Å²) < 4.78 is 2.43. The minimum Gasteiger partial charge on any atom is -0.187 e. The minimum atomic E-state index is 0.0699. The Kier molecular flexibility index (Phi) is 2.37.